The zero-order chi connectivity index (χ0) is 22.4. The molecule has 0 aliphatic heterocycles. The van der Waals surface area contributed by atoms with Crippen molar-refractivity contribution < 1.29 is 15.0 Å². The second kappa shape index (κ2) is 8.84. The standard InChI is InChI=1S/C28H46O3/c1-18(2)6-5-7-19(3)23-10-11-24-22-9-8-20-16-21(29)12-15-28(20,17-26(30)31)25(22)13-14-27(23,24)4/h8,18-19,21-25,29H,5-7,9-17H2,1-4H3,(H,30,31)/t19-,21?,22+,23-,24+,25+,27-,28-/m1/s1. The molecule has 0 amide bonds. The first-order valence-corrected chi connectivity index (χ1v) is 13.3. The third kappa shape index (κ3) is 4.13. The Morgan fingerprint density at radius 1 is 1.10 bits per heavy atom. The molecule has 4 aliphatic carbocycles. The number of carboxylic acids is 1. The van der Waals surface area contributed by atoms with Crippen LogP contribution >= 0.6 is 0 Å². The molecule has 8 atom stereocenters. The lowest BCUT2D eigenvalue weighted by atomic mass is 9.45. The minimum Gasteiger partial charge on any atom is -0.481 e. The van der Waals surface area contributed by atoms with Gasteiger partial charge in [0.1, 0.15) is 0 Å². The summed E-state index contributed by atoms with van der Waals surface area (Å²) in [5.74, 6) is 3.68. The van der Waals surface area contributed by atoms with Gasteiger partial charge in [0.15, 0.2) is 0 Å². The molecule has 4 aliphatic rings. The van der Waals surface area contributed by atoms with Crippen molar-refractivity contribution in [1.29, 1.82) is 0 Å². The first-order chi connectivity index (χ1) is 14.7. The summed E-state index contributed by atoms with van der Waals surface area (Å²) in [6.45, 7) is 9.78. The van der Waals surface area contributed by atoms with E-state index in [2.05, 4.69) is 33.8 Å². The number of aliphatic carboxylic acids is 1. The maximum atomic E-state index is 12.0. The smallest absolute Gasteiger partial charge is 0.304 e. The third-order valence-corrected chi connectivity index (χ3v) is 10.5. The maximum Gasteiger partial charge on any atom is 0.304 e. The number of carbonyl (C=O) groups is 1. The Kier molecular flexibility index (Phi) is 6.65. The second-order valence-electron chi connectivity index (χ2n) is 12.5. The van der Waals surface area contributed by atoms with E-state index in [9.17, 15) is 15.0 Å². The molecule has 0 bridgehead atoms. The van der Waals surface area contributed by atoms with E-state index < -0.39 is 5.97 Å². The molecule has 0 aromatic rings. The normalized spacial score (nSPS) is 43.0. The highest BCUT2D eigenvalue weighted by molar-refractivity contribution is 5.69. The Labute approximate surface area is 190 Å². The van der Waals surface area contributed by atoms with E-state index in [4.69, 9.17) is 0 Å². The average molecular weight is 431 g/mol. The van der Waals surface area contributed by atoms with Gasteiger partial charge in [-0.05, 0) is 92.3 Å². The number of hydrogen-bond acceptors (Lipinski definition) is 2. The molecule has 3 fully saturated rings. The van der Waals surface area contributed by atoms with Crippen molar-refractivity contribution in [3.63, 3.8) is 0 Å². The molecule has 3 saturated carbocycles. The Morgan fingerprint density at radius 2 is 1.87 bits per heavy atom. The average Bonchev–Trinajstić information content (AvgIpc) is 3.05. The van der Waals surface area contributed by atoms with Crippen LogP contribution in [0.4, 0.5) is 0 Å². The zero-order valence-electron chi connectivity index (χ0n) is 20.4. The van der Waals surface area contributed by atoms with Crippen molar-refractivity contribution in [1.82, 2.24) is 0 Å². The molecule has 0 aromatic heterocycles. The number of rotatable bonds is 7. The predicted molar refractivity (Wildman–Crippen MR) is 126 cm³/mol. The molecular weight excluding hydrogens is 384 g/mol. The minimum absolute atomic E-state index is 0.184. The van der Waals surface area contributed by atoms with Gasteiger partial charge >= 0.3 is 5.97 Å². The van der Waals surface area contributed by atoms with Gasteiger partial charge in [0.05, 0.1) is 12.5 Å². The van der Waals surface area contributed by atoms with Gasteiger partial charge in [0.2, 0.25) is 0 Å². The van der Waals surface area contributed by atoms with E-state index in [1.807, 2.05) is 0 Å². The largest absolute Gasteiger partial charge is 0.481 e. The lowest BCUT2D eigenvalue weighted by Crippen LogP contribution is -2.52. The summed E-state index contributed by atoms with van der Waals surface area (Å²) < 4.78 is 0. The van der Waals surface area contributed by atoms with E-state index in [0.29, 0.717) is 23.7 Å². The molecule has 0 heterocycles. The third-order valence-electron chi connectivity index (χ3n) is 10.5. The van der Waals surface area contributed by atoms with Crippen LogP contribution in [-0.4, -0.2) is 22.3 Å². The number of aliphatic hydroxyl groups is 1. The van der Waals surface area contributed by atoms with Crippen LogP contribution in [0.3, 0.4) is 0 Å². The van der Waals surface area contributed by atoms with Gasteiger partial charge in [-0.2, -0.15) is 0 Å². The van der Waals surface area contributed by atoms with Crippen LogP contribution in [-0.2, 0) is 4.79 Å². The summed E-state index contributed by atoms with van der Waals surface area (Å²) in [5, 5.41) is 20.1. The van der Waals surface area contributed by atoms with Gasteiger partial charge in [-0.15, -0.1) is 0 Å². The summed E-state index contributed by atoms with van der Waals surface area (Å²) in [7, 11) is 0. The summed E-state index contributed by atoms with van der Waals surface area (Å²) in [6.07, 6.45) is 15.1. The lowest BCUT2D eigenvalue weighted by Gasteiger charge is -2.59. The van der Waals surface area contributed by atoms with Gasteiger partial charge in [0, 0.05) is 5.41 Å². The van der Waals surface area contributed by atoms with Gasteiger partial charge in [-0.1, -0.05) is 58.6 Å². The molecule has 0 saturated heterocycles. The van der Waals surface area contributed by atoms with Crippen molar-refractivity contribution in [3.8, 4) is 0 Å². The van der Waals surface area contributed by atoms with Crippen molar-refractivity contribution in [2.45, 2.75) is 111 Å². The number of fused-ring (bicyclic) bond motifs is 5. The molecule has 2 N–H and O–H groups in total. The van der Waals surface area contributed by atoms with E-state index in [1.54, 1.807) is 0 Å². The van der Waals surface area contributed by atoms with Crippen LogP contribution < -0.4 is 0 Å². The summed E-state index contributed by atoms with van der Waals surface area (Å²) in [6, 6.07) is 0. The van der Waals surface area contributed by atoms with Crippen molar-refractivity contribution in [2.24, 2.45) is 46.3 Å². The fourth-order valence-electron chi connectivity index (χ4n) is 9.06. The van der Waals surface area contributed by atoms with Crippen molar-refractivity contribution in [2.75, 3.05) is 0 Å². The van der Waals surface area contributed by atoms with E-state index in [-0.39, 0.29) is 17.9 Å². The summed E-state index contributed by atoms with van der Waals surface area (Å²) in [4.78, 5) is 12.0. The van der Waals surface area contributed by atoms with Crippen LogP contribution in [0.15, 0.2) is 11.6 Å². The van der Waals surface area contributed by atoms with E-state index >= 15 is 0 Å². The van der Waals surface area contributed by atoms with Gasteiger partial charge < -0.3 is 10.2 Å². The first-order valence-electron chi connectivity index (χ1n) is 13.3. The molecule has 0 spiro atoms. The highest BCUT2D eigenvalue weighted by Gasteiger charge is 2.60. The van der Waals surface area contributed by atoms with E-state index in [1.165, 1.54) is 50.5 Å². The Morgan fingerprint density at radius 3 is 2.58 bits per heavy atom. The monoisotopic (exact) mass is 430 g/mol. The van der Waals surface area contributed by atoms with Crippen LogP contribution in [0.25, 0.3) is 0 Å². The van der Waals surface area contributed by atoms with Crippen molar-refractivity contribution >= 4 is 5.97 Å². The number of carboxylic acid groups (broad SMARTS) is 1. The molecule has 0 radical (unpaired) electrons. The van der Waals surface area contributed by atoms with Crippen LogP contribution in [0.5, 0.6) is 0 Å². The molecule has 1 unspecified atom stereocenters. The number of allylic oxidation sites excluding steroid dienone is 1. The van der Waals surface area contributed by atoms with Gasteiger partial charge in [-0.3, -0.25) is 4.79 Å². The molecule has 3 heteroatoms. The maximum absolute atomic E-state index is 12.0. The molecule has 3 nitrogen and oxygen atoms in total. The Balaban J connectivity index is 1.55. The van der Waals surface area contributed by atoms with Gasteiger partial charge in [0.25, 0.3) is 0 Å². The SMILES string of the molecule is CC(C)CCC[C@@H](C)[C@H]1CC[C@H]2[C@@H]3CC=C4CC(O)CC[C@]4(CC(=O)O)[C@H]3CC[C@]12C. The topological polar surface area (TPSA) is 57.5 Å². The van der Waals surface area contributed by atoms with Crippen LogP contribution in [0.2, 0.25) is 0 Å². The number of hydrogen-bond donors (Lipinski definition) is 2. The summed E-state index contributed by atoms with van der Waals surface area (Å²) >= 11 is 0. The zero-order valence-corrected chi connectivity index (χ0v) is 20.4. The Hall–Kier alpha value is -0.830. The van der Waals surface area contributed by atoms with Crippen LogP contribution in [0.1, 0.15) is 105 Å². The molecule has 0 aromatic carbocycles. The minimum atomic E-state index is -0.653. The fraction of sp³-hybridized carbons (Fsp3) is 0.893. The fourth-order valence-corrected chi connectivity index (χ4v) is 9.06. The molecule has 176 valence electrons. The summed E-state index contributed by atoms with van der Waals surface area (Å²) in [5.41, 5.74) is 1.54. The quantitative estimate of drug-likeness (QED) is 0.435. The second-order valence-corrected chi connectivity index (χ2v) is 12.5. The van der Waals surface area contributed by atoms with Crippen molar-refractivity contribution in [3.05, 3.63) is 11.6 Å². The molecule has 4 rings (SSSR count). The van der Waals surface area contributed by atoms with Crippen LogP contribution in [0, 0.1) is 46.3 Å². The Bertz CT molecular complexity index is 696. The highest BCUT2D eigenvalue weighted by Crippen LogP contribution is 2.68. The molecular formula is C28H46O3. The first kappa shape index (κ1) is 23.3. The number of aliphatic hydroxyl groups excluding tert-OH is 1. The molecule has 31 heavy (non-hydrogen) atoms. The highest BCUT2D eigenvalue weighted by atomic mass is 16.4. The van der Waals surface area contributed by atoms with Gasteiger partial charge in [-0.25, -0.2) is 0 Å². The van der Waals surface area contributed by atoms with E-state index in [0.717, 1.165) is 42.9 Å². The lowest BCUT2D eigenvalue weighted by molar-refractivity contribution is -0.143. The predicted octanol–water partition coefficient (Wildman–Crippen LogP) is 6.84.